The third kappa shape index (κ3) is 3.15. The van der Waals surface area contributed by atoms with Crippen molar-refractivity contribution in [2.24, 2.45) is 0 Å². The van der Waals surface area contributed by atoms with E-state index >= 15 is 0 Å². The number of para-hydroxylation sites is 2. The van der Waals surface area contributed by atoms with Crippen LogP contribution in [-0.2, 0) is 4.79 Å². The summed E-state index contributed by atoms with van der Waals surface area (Å²) < 4.78 is 5.20. The van der Waals surface area contributed by atoms with Crippen LogP contribution in [0.15, 0.2) is 72.9 Å². The van der Waals surface area contributed by atoms with Gasteiger partial charge in [-0.2, -0.15) is 0 Å². The van der Waals surface area contributed by atoms with E-state index in [-0.39, 0.29) is 0 Å². The molecular weight excluding hydrogens is 262 g/mol. The Morgan fingerprint density at radius 3 is 2.62 bits per heavy atom. The van der Waals surface area contributed by atoms with Crippen LogP contribution in [0.25, 0.3) is 17.0 Å². The molecule has 0 saturated heterocycles. The van der Waals surface area contributed by atoms with Crippen molar-refractivity contribution in [3.8, 4) is 5.75 Å². The summed E-state index contributed by atoms with van der Waals surface area (Å²) in [6.45, 7) is 0. The molecular formula is C18H13NO2. The Morgan fingerprint density at radius 1 is 0.952 bits per heavy atom. The molecule has 2 aromatic carbocycles. The second-order valence-corrected chi connectivity index (χ2v) is 4.49. The van der Waals surface area contributed by atoms with Gasteiger partial charge in [0.25, 0.3) is 0 Å². The number of carbonyl (C=O) groups is 1. The lowest BCUT2D eigenvalue weighted by atomic mass is 10.1. The highest BCUT2D eigenvalue weighted by Gasteiger charge is 2.01. The Balaban J connectivity index is 1.80. The molecule has 0 atom stereocenters. The first-order valence-corrected chi connectivity index (χ1v) is 6.61. The number of ether oxygens (including phenoxy) is 1. The molecule has 3 nitrogen and oxygen atoms in total. The van der Waals surface area contributed by atoms with Crippen LogP contribution in [0.4, 0.5) is 0 Å². The van der Waals surface area contributed by atoms with Crippen LogP contribution in [0.5, 0.6) is 5.75 Å². The fourth-order valence-electron chi connectivity index (χ4n) is 2.06. The predicted molar refractivity (Wildman–Crippen MR) is 82.9 cm³/mol. The van der Waals surface area contributed by atoms with Crippen LogP contribution in [0.3, 0.4) is 0 Å². The monoisotopic (exact) mass is 275 g/mol. The second-order valence-electron chi connectivity index (χ2n) is 4.49. The minimum Gasteiger partial charge on any atom is -0.423 e. The van der Waals surface area contributed by atoms with Gasteiger partial charge in [-0.25, -0.2) is 4.79 Å². The SMILES string of the molecule is O=C(/C=C/c1cccc2cccnc12)Oc1ccccc1. The number of rotatable bonds is 3. The van der Waals surface area contributed by atoms with E-state index in [2.05, 4.69) is 4.98 Å². The molecule has 0 aliphatic rings. The van der Waals surface area contributed by atoms with Gasteiger partial charge in [-0.1, -0.05) is 42.5 Å². The maximum atomic E-state index is 11.8. The Bertz CT molecular complexity index is 789. The first-order valence-electron chi connectivity index (χ1n) is 6.61. The number of hydrogen-bond donors (Lipinski definition) is 0. The molecule has 0 aliphatic carbocycles. The van der Waals surface area contributed by atoms with Gasteiger partial charge >= 0.3 is 5.97 Å². The molecule has 102 valence electrons. The van der Waals surface area contributed by atoms with E-state index in [1.807, 2.05) is 48.5 Å². The van der Waals surface area contributed by atoms with Crippen molar-refractivity contribution in [2.75, 3.05) is 0 Å². The molecule has 0 amide bonds. The zero-order valence-corrected chi connectivity index (χ0v) is 11.3. The van der Waals surface area contributed by atoms with E-state index in [9.17, 15) is 4.79 Å². The van der Waals surface area contributed by atoms with Crippen molar-refractivity contribution < 1.29 is 9.53 Å². The molecule has 3 rings (SSSR count). The number of nitrogens with zero attached hydrogens (tertiary/aromatic N) is 1. The summed E-state index contributed by atoms with van der Waals surface area (Å²) in [7, 11) is 0. The number of hydrogen-bond acceptors (Lipinski definition) is 3. The lowest BCUT2D eigenvalue weighted by molar-refractivity contribution is -0.128. The lowest BCUT2D eigenvalue weighted by Gasteiger charge is -2.01. The van der Waals surface area contributed by atoms with E-state index in [0.717, 1.165) is 16.5 Å². The summed E-state index contributed by atoms with van der Waals surface area (Å²) in [4.78, 5) is 16.1. The first-order chi connectivity index (χ1) is 10.3. The van der Waals surface area contributed by atoms with Gasteiger partial charge in [-0.3, -0.25) is 4.98 Å². The fraction of sp³-hybridized carbons (Fsp3) is 0. The average Bonchev–Trinajstić information content (AvgIpc) is 2.54. The summed E-state index contributed by atoms with van der Waals surface area (Å²) in [5.41, 5.74) is 1.75. The van der Waals surface area contributed by atoms with E-state index < -0.39 is 5.97 Å². The van der Waals surface area contributed by atoms with Crippen LogP contribution in [0.2, 0.25) is 0 Å². The first kappa shape index (κ1) is 13.1. The van der Waals surface area contributed by atoms with Crippen LogP contribution in [-0.4, -0.2) is 11.0 Å². The number of carbonyl (C=O) groups excluding carboxylic acids is 1. The molecule has 21 heavy (non-hydrogen) atoms. The highest BCUT2D eigenvalue weighted by molar-refractivity contribution is 5.93. The third-order valence-electron chi connectivity index (χ3n) is 3.02. The zero-order chi connectivity index (χ0) is 14.5. The van der Waals surface area contributed by atoms with E-state index in [4.69, 9.17) is 4.74 Å². The number of aromatic nitrogens is 1. The van der Waals surface area contributed by atoms with Crippen LogP contribution < -0.4 is 4.74 Å². The van der Waals surface area contributed by atoms with Gasteiger partial charge in [0.15, 0.2) is 0 Å². The number of esters is 1. The van der Waals surface area contributed by atoms with Crippen molar-refractivity contribution in [1.82, 2.24) is 4.98 Å². The summed E-state index contributed by atoms with van der Waals surface area (Å²) in [6.07, 6.45) is 4.87. The third-order valence-corrected chi connectivity index (χ3v) is 3.02. The molecule has 1 heterocycles. The molecule has 0 aliphatic heterocycles. The van der Waals surface area contributed by atoms with Gasteiger partial charge in [0.1, 0.15) is 5.75 Å². The highest BCUT2D eigenvalue weighted by atomic mass is 16.5. The Labute approximate surface area is 122 Å². The maximum absolute atomic E-state index is 11.8. The molecule has 0 radical (unpaired) electrons. The summed E-state index contributed by atoms with van der Waals surface area (Å²) in [5.74, 6) is 0.123. The molecule has 3 aromatic rings. The highest BCUT2D eigenvalue weighted by Crippen LogP contribution is 2.17. The number of pyridine rings is 1. The van der Waals surface area contributed by atoms with Crippen molar-refractivity contribution in [3.63, 3.8) is 0 Å². The minimum absolute atomic E-state index is 0.408. The number of fused-ring (bicyclic) bond motifs is 1. The fourth-order valence-corrected chi connectivity index (χ4v) is 2.06. The van der Waals surface area contributed by atoms with E-state index in [1.54, 1.807) is 24.4 Å². The van der Waals surface area contributed by atoms with Crippen molar-refractivity contribution in [1.29, 1.82) is 0 Å². The predicted octanol–water partition coefficient (Wildman–Crippen LogP) is 3.85. The number of benzene rings is 2. The summed E-state index contributed by atoms with van der Waals surface area (Å²) >= 11 is 0. The van der Waals surface area contributed by atoms with Gasteiger partial charge < -0.3 is 4.74 Å². The molecule has 0 N–H and O–H groups in total. The Morgan fingerprint density at radius 2 is 1.76 bits per heavy atom. The van der Waals surface area contributed by atoms with Crippen molar-refractivity contribution >= 4 is 22.9 Å². The van der Waals surface area contributed by atoms with Gasteiger partial charge in [0.05, 0.1) is 5.52 Å². The molecule has 0 bridgehead atoms. The second kappa shape index (κ2) is 6.01. The normalized spacial score (nSPS) is 10.9. The van der Waals surface area contributed by atoms with Crippen LogP contribution in [0, 0.1) is 0 Å². The largest absolute Gasteiger partial charge is 0.423 e. The zero-order valence-electron chi connectivity index (χ0n) is 11.3. The smallest absolute Gasteiger partial charge is 0.336 e. The standard InChI is InChI=1S/C18H13NO2/c20-17(21-16-9-2-1-3-10-16)12-11-15-7-4-6-14-8-5-13-19-18(14)15/h1-13H/b12-11+. The van der Waals surface area contributed by atoms with Crippen molar-refractivity contribution in [2.45, 2.75) is 0 Å². The van der Waals surface area contributed by atoms with E-state index in [1.165, 1.54) is 6.08 Å². The molecule has 1 aromatic heterocycles. The van der Waals surface area contributed by atoms with E-state index in [0.29, 0.717) is 5.75 Å². The molecule has 0 fully saturated rings. The lowest BCUT2D eigenvalue weighted by Crippen LogP contribution is -2.03. The van der Waals surface area contributed by atoms with Crippen LogP contribution >= 0.6 is 0 Å². The minimum atomic E-state index is -0.408. The summed E-state index contributed by atoms with van der Waals surface area (Å²) in [5, 5.41) is 1.04. The average molecular weight is 275 g/mol. The van der Waals surface area contributed by atoms with Gasteiger partial charge in [-0.05, 0) is 24.3 Å². The Hall–Kier alpha value is -2.94. The maximum Gasteiger partial charge on any atom is 0.336 e. The van der Waals surface area contributed by atoms with Gasteiger partial charge in [0.2, 0.25) is 0 Å². The van der Waals surface area contributed by atoms with Gasteiger partial charge in [0, 0.05) is 23.2 Å². The molecule has 0 spiro atoms. The molecule has 0 unspecified atom stereocenters. The summed E-state index contributed by atoms with van der Waals surface area (Å²) in [6, 6.07) is 18.7. The Kier molecular flexibility index (Phi) is 3.74. The van der Waals surface area contributed by atoms with Gasteiger partial charge in [-0.15, -0.1) is 0 Å². The topological polar surface area (TPSA) is 39.2 Å². The quantitative estimate of drug-likeness (QED) is 0.414. The molecule has 3 heteroatoms. The molecule has 0 saturated carbocycles. The van der Waals surface area contributed by atoms with Crippen LogP contribution in [0.1, 0.15) is 5.56 Å². The van der Waals surface area contributed by atoms with Crippen molar-refractivity contribution in [3.05, 3.63) is 78.5 Å².